The fourth-order valence-electron chi connectivity index (χ4n) is 0.704. The highest BCUT2D eigenvalue weighted by Gasteiger charge is 2.03. The van der Waals surface area contributed by atoms with Gasteiger partial charge in [0.2, 0.25) is 11.8 Å². The van der Waals surface area contributed by atoms with Gasteiger partial charge in [-0.05, 0) is 6.42 Å². The van der Waals surface area contributed by atoms with E-state index >= 15 is 0 Å². The Morgan fingerprint density at radius 1 is 1.69 bits per heavy atom. The van der Waals surface area contributed by atoms with E-state index < -0.39 is 0 Å². The van der Waals surface area contributed by atoms with Gasteiger partial charge in [-0.15, -0.1) is 6.58 Å². The van der Waals surface area contributed by atoms with Crippen molar-refractivity contribution in [2.75, 3.05) is 12.3 Å². The van der Waals surface area contributed by atoms with Crippen LogP contribution in [0.1, 0.15) is 6.42 Å². The Morgan fingerprint density at radius 3 is 3.15 bits per heavy atom. The third-order valence-electron chi connectivity index (χ3n) is 1.29. The maximum Gasteiger partial charge on any atom is 0.237 e. The minimum absolute atomic E-state index is 0.151. The summed E-state index contributed by atoms with van der Waals surface area (Å²) in [5, 5.41) is 0.360. The minimum atomic E-state index is 0.151. The molecule has 0 fully saturated rings. The van der Waals surface area contributed by atoms with Crippen LogP contribution in [0.25, 0.3) is 0 Å². The lowest BCUT2D eigenvalue weighted by molar-refractivity contribution is 0.312. The number of nitrogens with zero attached hydrogens (tertiary/aromatic N) is 2. The molecule has 0 aromatic carbocycles. The number of hydrogen-bond acceptors (Lipinski definition) is 4. The number of anilines is 1. The van der Waals surface area contributed by atoms with Gasteiger partial charge in [-0.3, -0.25) is 0 Å². The highest BCUT2D eigenvalue weighted by atomic mass is 35.5. The maximum absolute atomic E-state index is 5.74. The van der Waals surface area contributed by atoms with E-state index in [2.05, 4.69) is 16.5 Å². The number of nitrogens with two attached hydrogens (primary N) is 1. The molecule has 0 radical (unpaired) electrons. The van der Waals surface area contributed by atoms with Crippen molar-refractivity contribution in [3.05, 3.63) is 23.9 Å². The smallest absolute Gasteiger partial charge is 0.237 e. The van der Waals surface area contributed by atoms with Crippen LogP contribution in [-0.2, 0) is 0 Å². The zero-order valence-electron chi connectivity index (χ0n) is 7.03. The van der Waals surface area contributed by atoms with E-state index in [-0.39, 0.29) is 5.95 Å². The summed E-state index contributed by atoms with van der Waals surface area (Å²) in [6.45, 7) is 4.05. The van der Waals surface area contributed by atoms with E-state index in [0.29, 0.717) is 17.5 Å². The van der Waals surface area contributed by atoms with Crippen molar-refractivity contribution in [2.45, 2.75) is 6.42 Å². The van der Waals surface area contributed by atoms with Crippen LogP contribution in [0.3, 0.4) is 0 Å². The largest absolute Gasteiger partial charge is 0.476 e. The number of aromatic nitrogens is 2. The fourth-order valence-corrected chi connectivity index (χ4v) is 0.850. The lowest BCUT2D eigenvalue weighted by Gasteiger charge is -2.04. The lowest BCUT2D eigenvalue weighted by atomic mass is 10.4. The summed E-state index contributed by atoms with van der Waals surface area (Å²) < 4.78 is 5.22. The molecular weight excluding hydrogens is 190 g/mol. The van der Waals surface area contributed by atoms with Crippen molar-refractivity contribution < 1.29 is 4.74 Å². The Kier molecular flexibility index (Phi) is 3.52. The van der Waals surface area contributed by atoms with Gasteiger partial charge in [0.15, 0.2) is 0 Å². The molecule has 0 unspecified atom stereocenters. The predicted octanol–water partition coefficient (Wildman–Crippen LogP) is 1.67. The van der Waals surface area contributed by atoms with Crippen molar-refractivity contribution in [1.29, 1.82) is 0 Å². The van der Waals surface area contributed by atoms with Crippen LogP contribution in [0.4, 0.5) is 5.95 Å². The van der Waals surface area contributed by atoms with Crippen molar-refractivity contribution in [3.63, 3.8) is 0 Å². The Morgan fingerprint density at radius 2 is 2.46 bits per heavy atom. The van der Waals surface area contributed by atoms with Crippen LogP contribution in [0.5, 0.6) is 5.88 Å². The van der Waals surface area contributed by atoms with Crippen LogP contribution in [0.2, 0.25) is 5.02 Å². The normalized spacial score (nSPS) is 9.62. The van der Waals surface area contributed by atoms with Gasteiger partial charge in [0.1, 0.15) is 5.02 Å². The van der Waals surface area contributed by atoms with E-state index in [4.69, 9.17) is 22.1 Å². The van der Waals surface area contributed by atoms with Crippen LogP contribution in [-0.4, -0.2) is 16.6 Å². The van der Waals surface area contributed by atoms with Gasteiger partial charge in [-0.2, -0.15) is 4.98 Å². The van der Waals surface area contributed by atoms with Crippen molar-refractivity contribution >= 4 is 17.5 Å². The molecule has 0 amide bonds. The molecule has 70 valence electrons. The van der Waals surface area contributed by atoms with E-state index in [1.165, 1.54) is 6.20 Å². The number of ether oxygens (including phenoxy) is 1. The molecule has 0 aliphatic rings. The molecule has 13 heavy (non-hydrogen) atoms. The standard InChI is InChI=1S/C8H10ClN3O/c1-2-3-4-13-7-6(9)5-11-8(10)12-7/h2,5H,1,3-4H2,(H2,10,11,12). The summed E-state index contributed by atoms with van der Waals surface area (Å²) >= 11 is 5.74. The highest BCUT2D eigenvalue weighted by molar-refractivity contribution is 6.31. The zero-order chi connectivity index (χ0) is 9.68. The fraction of sp³-hybridized carbons (Fsp3) is 0.250. The third kappa shape index (κ3) is 2.91. The van der Waals surface area contributed by atoms with E-state index in [9.17, 15) is 0 Å². The first-order chi connectivity index (χ1) is 6.24. The molecule has 0 aliphatic heterocycles. The summed E-state index contributed by atoms with van der Waals surface area (Å²) in [5.74, 6) is 0.467. The van der Waals surface area contributed by atoms with Gasteiger partial charge in [-0.1, -0.05) is 17.7 Å². The second-order valence-electron chi connectivity index (χ2n) is 2.31. The zero-order valence-corrected chi connectivity index (χ0v) is 7.79. The van der Waals surface area contributed by atoms with Gasteiger partial charge < -0.3 is 10.5 Å². The van der Waals surface area contributed by atoms with E-state index in [0.717, 1.165) is 6.42 Å². The SMILES string of the molecule is C=CCCOc1nc(N)ncc1Cl. The topological polar surface area (TPSA) is 61.0 Å². The molecule has 1 aromatic heterocycles. The molecule has 0 saturated carbocycles. The molecule has 4 nitrogen and oxygen atoms in total. The first kappa shape index (κ1) is 9.80. The Hall–Kier alpha value is -1.29. The number of nitrogen functional groups attached to an aromatic ring is 1. The summed E-state index contributed by atoms with van der Waals surface area (Å²) in [7, 11) is 0. The average molecular weight is 200 g/mol. The van der Waals surface area contributed by atoms with E-state index in [1.54, 1.807) is 6.08 Å². The number of hydrogen-bond donors (Lipinski definition) is 1. The summed E-state index contributed by atoms with van der Waals surface area (Å²) in [4.78, 5) is 7.52. The second kappa shape index (κ2) is 4.67. The first-order valence-electron chi connectivity index (χ1n) is 3.75. The van der Waals surface area contributed by atoms with Gasteiger partial charge >= 0.3 is 0 Å². The summed E-state index contributed by atoms with van der Waals surface area (Å²) in [6.07, 6.45) is 3.89. The lowest BCUT2D eigenvalue weighted by Crippen LogP contribution is -2.02. The number of halogens is 1. The van der Waals surface area contributed by atoms with Crippen molar-refractivity contribution in [2.24, 2.45) is 0 Å². The molecule has 0 atom stereocenters. The van der Waals surface area contributed by atoms with Crippen LogP contribution in [0, 0.1) is 0 Å². The Balaban J connectivity index is 2.64. The minimum Gasteiger partial charge on any atom is -0.476 e. The molecule has 0 aliphatic carbocycles. The molecule has 2 N–H and O–H groups in total. The second-order valence-corrected chi connectivity index (χ2v) is 2.71. The van der Waals surface area contributed by atoms with Crippen LogP contribution >= 0.6 is 11.6 Å². The Bertz CT molecular complexity index is 303. The van der Waals surface area contributed by atoms with Crippen LogP contribution < -0.4 is 10.5 Å². The molecule has 5 heteroatoms. The van der Waals surface area contributed by atoms with Crippen molar-refractivity contribution in [1.82, 2.24) is 9.97 Å². The van der Waals surface area contributed by atoms with E-state index in [1.807, 2.05) is 0 Å². The molecule has 1 rings (SSSR count). The molecule has 0 saturated heterocycles. The maximum atomic E-state index is 5.74. The van der Waals surface area contributed by atoms with Gasteiger partial charge in [0.25, 0.3) is 0 Å². The molecule has 1 heterocycles. The Labute approximate surface area is 81.4 Å². The van der Waals surface area contributed by atoms with Gasteiger partial charge in [-0.25, -0.2) is 4.98 Å². The quantitative estimate of drug-likeness (QED) is 0.592. The average Bonchev–Trinajstić information content (AvgIpc) is 2.11. The van der Waals surface area contributed by atoms with Crippen LogP contribution in [0.15, 0.2) is 18.9 Å². The first-order valence-corrected chi connectivity index (χ1v) is 4.13. The van der Waals surface area contributed by atoms with Crippen molar-refractivity contribution in [3.8, 4) is 5.88 Å². The summed E-state index contributed by atoms with van der Waals surface area (Å²) in [6, 6.07) is 0. The number of rotatable bonds is 4. The molecule has 0 bridgehead atoms. The predicted molar refractivity (Wildman–Crippen MR) is 51.8 cm³/mol. The van der Waals surface area contributed by atoms with Gasteiger partial charge in [0.05, 0.1) is 12.8 Å². The van der Waals surface area contributed by atoms with Gasteiger partial charge in [0, 0.05) is 0 Å². The molecule has 0 spiro atoms. The monoisotopic (exact) mass is 199 g/mol. The molecular formula is C8H10ClN3O. The summed E-state index contributed by atoms with van der Waals surface area (Å²) in [5.41, 5.74) is 5.35. The molecule has 1 aromatic rings. The highest BCUT2D eigenvalue weighted by Crippen LogP contribution is 2.20. The third-order valence-corrected chi connectivity index (χ3v) is 1.55.